The largest absolute Gasteiger partial charge is 0.349 e. The molecule has 0 bridgehead atoms. The van der Waals surface area contributed by atoms with Crippen molar-refractivity contribution in [3.05, 3.63) is 90.3 Å². The number of pyridine rings is 1. The van der Waals surface area contributed by atoms with E-state index in [4.69, 9.17) is 0 Å². The molecular formula is C26H27N5OS. The van der Waals surface area contributed by atoms with Gasteiger partial charge in [0.25, 0.3) is 0 Å². The summed E-state index contributed by atoms with van der Waals surface area (Å²) in [4.78, 5) is 17.0. The van der Waals surface area contributed by atoms with Gasteiger partial charge in [-0.1, -0.05) is 73.6 Å². The number of aromatic nitrogens is 4. The lowest BCUT2D eigenvalue weighted by Gasteiger charge is -2.18. The van der Waals surface area contributed by atoms with Crippen molar-refractivity contribution in [2.45, 2.75) is 37.9 Å². The molecule has 2 aromatic carbocycles. The number of thioether (sulfide) groups is 1. The highest BCUT2D eigenvalue weighted by Crippen LogP contribution is 2.29. The Hall–Kier alpha value is -3.45. The molecule has 1 atom stereocenters. The van der Waals surface area contributed by atoms with Gasteiger partial charge < -0.3 is 5.32 Å². The fraction of sp³-hybridized carbons (Fsp3) is 0.231. The maximum atomic E-state index is 12.9. The Morgan fingerprint density at radius 3 is 2.45 bits per heavy atom. The van der Waals surface area contributed by atoms with Crippen LogP contribution in [0.4, 0.5) is 0 Å². The summed E-state index contributed by atoms with van der Waals surface area (Å²) in [6.45, 7) is 4.18. The number of benzene rings is 2. The van der Waals surface area contributed by atoms with Crippen LogP contribution in [0.15, 0.2) is 84.3 Å². The van der Waals surface area contributed by atoms with E-state index < -0.39 is 0 Å². The van der Waals surface area contributed by atoms with E-state index in [-0.39, 0.29) is 17.7 Å². The second-order valence-corrected chi connectivity index (χ2v) is 8.71. The molecule has 0 radical (unpaired) electrons. The van der Waals surface area contributed by atoms with Crippen LogP contribution in [0.5, 0.6) is 0 Å². The number of para-hydroxylation sites is 1. The lowest BCUT2D eigenvalue weighted by atomic mass is 10.0. The fourth-order valence-corrected chi connectivity index (χ4v) is 4.50. The number of rotatable bonds is 9. The average molecular weight is 458 g/mol. The molecule has 0 aliphatic carbocycles. The monoisotopic (exact) mass is 457 g/mol. The maximum absolute atomic E-state index is 12.9. The van der Waals surface area contributed by atoms with E-state index >= 15 is 0 Å². The first-order chi connectivity index (χ1) is 16.2. The van der Waals surface area contributed by atoms with Crippen molar-refractivity contribution in [1.29, 1.82) is 0 Å². The van der Waals surface area contributed by atoms with Crippen LogP contribution in [0.1, 0.15) is 36.9 Å². The summed E-state index contributed by atoms with van der Waals surface area (Å²) in [5.74, 6) is 0.961. The average Bonchev–Trinajstić information content (AvgIpc) is 3.27. The second kappa shape index (κ2) is 10.9. The first-order valence-electron chi connectivity index (χ1n) is 11.1. The Labute approximate surface area is 198 Å². The minimum absolute atomic E-state index is 0.00548. The summed E-state index contributed by atoms with van der Waals surface area (Å²) < 4.78 is 2.02. The molecule has 6 nitrogen and oxygen atoms in total. The maximum Gasteiger partial charge on any atom is 0.230 e. The minimum atomic E-state index is -0.0212. The summed E-state index contributed by atoms with van der Waals surface area (Å²) in [6, 6.07) is 22.0. The third-order valence-corrected chi connectivity index (χ3v) is 6.30. The van der Waals surface area contributed by atoms with Crippen LogP contribution >= 0.6 is 11.8 Å². The van der Waals surface area contributed by atoms with Gasteiger partial charge in [-0.3, -0.25) is 14.3 Å². The number of nitrogens with zero attached hydrogens (tertiary/aromatic N) is 4. The van der Waals surface area contributed by atoms with E-state index in [0.29, 0.717) is 5.16 Å². The van der Waals surface area contributed by atoms with E-state index in [9.17, 15) is 4.79 Å². The topological polar surface area (TPSA) is 72.7 Å². The minimum Gasteiger partial charge on any atom is -0.349 e. The van der Waals surface area contributed by atoms with Crippen LogP contribution in [-0.2, 0) is 4.79 Å². The predicted molar refractivity (Wildman–Crippen MR) is 132 cm³/mol. The quantitative estimate of drug-likeness (QED) is 0.341. The molecule has 4 aromatic rings. The molecular weight excluding hydrogens is 430 g/mol. The van der Waals surface area contributed by atoms with Crippen molar-refractivity contribution >= 4 is 17.7 Å². The lowest BCUT2D eigenvalue weighted by Crippen LogP contribution is -2.30. The molecule has 1 N–H and O–H groups in total. The van der Waals surface area contributed by atoms with Gasteiger partial charge >= 0.3 is 0 Å². The van der Waals surface area contributed by atoms with Crippen LogP contribution in [0.2, 0.25) is 0 Å². The first-order valence-corrected chi connectivity index (χ1v) is 12.0. The molecule has 33 heavy (non-hydrogen) atoms. The van der Waals surface area contributed by atoms with E-state index in [1.807, 2.05) is 53.1 Å². The van der Waals surface area contributed by atoms with Crippen molar-refractivity contribution in [3.63, 3.8) is 0 Å². The molecule has 0 spiro atoms. The molecule has 4 rings (SSSR count). The highest BCUT2D eigenvalue weighted by Gasteiger charge is 2.19. The lowest BCUT2D eigenvalue weighted by molar-refractivity contribution is -0.119. The van der Waals surface area contributed by atoms with Gasteiger partial charge in [-0.2, -0.15) is 0 Å². The molecule has 0 saturated carbocycles. The summed E-state index contributed by atoms with van der Waals surface area (Å²) in [7, 11) is 0. The van der Waals surface area contributed by atoms with Crippen molar-refractivity contribution in [2.24, 2.45) is 0 Å². The zero-order valence-corrected chi connectivity index (χ0v) is 19.6. The van der Waals surface area contributed by atoms with Gasteiger partial charge in [0, 0.05) is 18.0 Å². The Morgan fingerprint density at radius 2 is 1.73 bits per heavy atom. The first kappa shape index (κ1) is 22.7. The van der Waals surface area contributed by atoms with Crippen LogP contribution < -0.4 is 5.32 Å². The van der Waals surface area contributed by atoms with Gasteiger partial charge in [0.1, 0.15) is 0 Å². The summed E-state index contributed by atoms with van der Waals surface area (Å²) in [5, 5.41) is 12.8. The van der Waals surface area contributed by atoms with Gasteiger partial charge in [0.15, 0.2) is 11.0 Å². The Balaban J connectivity index is 1.56. The SMILES string of the molecule is CCCC(NC(=O)CSc1nnc(-c2ccncc2)n1-c1ccccc1C)c1ccccc1. The Kier molecular flexibility index (Phi) is 7.52. The number of hydrogen-bond acceptors (Lipinski definition) is 5. The standard InChI is InChI=1S/C26H27N5OS/c1-3-9-22(20-11-5-4-6-12-20)28-24(32)18-33-26-30-29-25(21-14-16-27-17-15-21)31(26)23-13-8-7-10-19(23)2/h4-8,10-17,22H,3,9,18H2,1-2H3,(H,28,32). The molecule has 2 heterocycles. The molecule has 7 heteroatoms. The molecule has 1 amide bonds. The van der Waals surface area contributed by atoms with Crippen LogP contribution in [0, 0.1) is 6.92 Å². The number of carbonyl (C=O) groups excluding carboxylic acids is 1. The van der Waals surface area contributed by atoms with E-state index in [1.165, 1.54) is 11.8 Å². The number of aryl methyl sites for hydroxylation is 1. The summed E-state index contributed by atoms with van der Waals surface area (Å²) in [6.07, 6.45) is 5.36. The third kappa shape index (κ3) is 5.49. The zero-order valence-electron chi connectivity index (χ0n) is 18.8. The predicted octanol–water partition coefficient (Wildman–Crippen LogP) is 5.39. The smallest absolute Gasteiger partial charge is 0.230 e. The molecule has 2 aromatic heterocycles. The highest BCUT2D eigenvalue weighted by molar-refractivity contribution is 7.99. The third-order valence-electron chi connectivity index (χ3n) is 5.38. The second-order valence-electron chi connectivity index (χ2n) is 7.77. The summed E-state index contributed by atoms with van der Waals surface area (Å²) in [5.41, 5.74) is 4.14. The van der Waals surface area contributed by atoms with Crippen LogP contribution in [0.3, 0.4) is 0 Å². The summed E-state index contributed by atoms with van der Waals surface area (Å²) >= 11 is 1.39. The van der Waals surface area contributed by atoms with Crippen molar-refractivity contribution < 1.29 is 4.79 Å². The van der Waals surface area contributed by atoms with E-state index in [1.54, 1.807) is 12.4 Å². The van der Waals surface area contributed by atoms with Crippen molar-refractivity contribution in [2.75, 3.05) is 5.75 Å². The zero-order chi connectivity index (χ0) is 23.0. The van der Waals surface area contributed by atoms with Gasteiger partial charge in [-0.25, -0.2) is 0 Å². The highest BCUT2D eigenvalue weighted by atomic mass is 32.2. The van der Waals surface area contributed by atoms with E-state index in [0.717, 1.165) is 41.0 Å². The van der Waals surface area contributed by atoms with Crippen molar-refractivity contribution in [3.8, 4) is 17.1 Å². The normalized spacial score (nSPS) is 11.8. The number of amides is 1. The Morgan fingerprint density at radius 1 is 1.00 bits per heavy atom. The number of hydrogen-bond donors (Lipinski definition) is 1. The molecule has 0 saturated heterocycles. The van der Waals surface area contributed by atoms with E-state index in [2.05, 4.69) is 52.5 Å². The molecule has 0 aliphatic rings. The Bertz CT molecular complexity index is 1190. The molecule has 0 fully saturated rings. The van der Waals surface area contributed by atoms with Gasteiger partial charge in [-0.15, -0.1) is 10.2 Å². The molecule has 1 unspecified atom stereocenters. The van der Waals surface area contributed by atoms with Crippen molar-refractivity contribution in [1.82, 2.24) is 25.1 Å². The fourth-order valence-electron chi connectivity index (χ4n) is 3.75. The van der Waals surface area contributed by atoms with Gasteiger partial charge in [0.05, 0.1) is 17.5 Å². The molecule has 0 aliphatic heterocycles. The van der Waals surface area contributed by atoms with Crippen LogP contribution in [-0.4, -0.2) is 31.4 Å². The number of nitrogens with one attached hydrogen (secondary N) is 1. The van der Waals surface area contributed by atoms with Gasteiger partial charge in [0.2, 0.25) is 5.91 Å². The van der Waals surface area contributed by atoms with Crippen LogP contribution in [0.25, 0.3) is 17.1 Å². The molecule has 168 valence electrons. The number of carbonyl (C=O) groups is 1. The van der Waals surface area contributed by atoms with Gasteiger partial charge in [-0.05, 0) is 42.7 Å².